The van der Waals surface area contributed by atoms with Crippen LogP contribution in [0.5, 0.6) is 0 Å². The maximum Gasteiger partial charge on any atom is 0.349 e. The van der Waals surface area contributed by atoms with Crippen molar-refractivity contribution in [2.75, 3.05) is 7.05 Å². The van der Waals surface area contributed by atoms with Gasteiger partial charge in [0.1, 0.15) is 11.6 Å². The summed E-state index contributed by atoms with van der Waals surface area (Å²) in [7, 11) is 1.66. The third-order valence-electron chi connectivity index (χ3n) is 5.07. The van der Waals surface area contributed by atoms with Crippen molar-refractivity contribution in [2.24, 2.45) is 5.92 Å². The molecule has 0 aliphatic heterocycles. The number of benzene rings is 1. The molecule has 0 spiro atoms. The van der Waals surface area contributed by atoms with Gasteiger partial charge in [-0.1, -0.05) is 44.2 Å². The molecular weight excluding hydrogens is 390 g/mol. The lowest BCUT2D eigenvalue weighted by Gasteiger charge is -2.21. The van der Waals surface area contributed by atoms with E-state index in [0.29, 0.717) is 12.5 Å². The fourth-order valence-corrected chi connectivity index (χ4v) is 3.43. The van der Waals surface area contributed by atoms with Gasteiger partial charge in [-0.2, -0.15) is 5.26 Å². The fraction of sp³-hybridized carbons (Fsp3) is 0.400. The molecule has 0 saturated carbocycles. The van der Waals surface area contributed by atoms with Gasteiger partial charge < -0.3 is 14.2 Å². The Morgan fingerprint density at radius 3 is 2.42 bits per heavy atom. The van der Waals surface area contributed by atoms with Crippen LogP contribution in [0.2, 0.25) is 0 Å². The van der Waals surface area contributed by atoms with Crippen LogP contribution in [0.4, 0.5) is 0 Å². The van der Waals surface area contributed by atoms with Gasteiger partial charge in [0.25, 0.3) is 5.91 Å². The van der Waals surface area contributed by atoms with Crippen molar-refractivity contribution < 1.29 is 14.3 Å². The van der Waals surface area contributed by atoms with Crippen molar-refractivity contribution in [3.63, 3.8) is 0 Å². The number of carbonyl (C=O) groups is 2. The number of nitrogens with zero attached hydrogens (tertiary/aromatic N) is 3. The molecule has 0 aliphatic rings. The van der Waals surface area contributed by atoms with Gasteiger partial charge in [0, 0.05) is 31.5 Å². The SMILES string of the molecule is Cc1cc(/C=C(\C#N)C(=O)O[C@@H](C)C(=O)N(C)Cc2ccccc2)c(C)n1CC(C)C. The molecule has 0 aliphatic carbocycles. The Bertz CT molecular complexity index is 997. The summed E-state index contributed by atoms with van der Waals surface area (Å²) in [4.78, 5) is 26.7. The third kappa shape index (κ3) is 6.32. The lowest BCUT2D eigenvalue weighted by Crippen LogP contribution is -2.37. The molecule has 1 aromatic heterocycles. The van der Waals surface area contributed by atoms with Crippen molar-refractivity contribution in [3.05, 3.63) is 64.5 Å². The predicted octanol–water partition coefficient (Wildman–Crippen LogP) is 4.26. The van der Waals surface area contributed by atoms with Crippen LogP contribution in [0.1, 0.15) is 43.3 Å². The molecule has 0 radical (unpaired) electrons. The number of carbonyl (C=O) groups excluding carboxylic acids is 2. The molecule has 2 aromatic rings. The number of aromatic nitrogens is 1. The van der Waals surface area contributed by atoms with Gasteiger partial charge in [0.15, 0.2) is 6.10 Å². The monoisotopic (exact) mass is 421 g/mol. The molecule has 0 saturated heterocycles. The molecule has 0 bridgehead atoms. The first-order valence-corrected chi connectivity index (χ1v) is 10.4. The average Bonchev–Trinajstić information content (AvgIpc) is 2.98. The van der Waals surface area contributed by atoms with Crippen molar-refractivity contribution >= 4 is 18.0 Å². The van der Waals surface area contributed by atoms with Gasteiger partial charge in [-0.05, 0) is 50.0 Å². The van der Waals surface area contributed by atoms with E-state index in [2.05, 4.69) is 18.4 Å². The number of hydrogen-bond acceptors (Lipinski definition) is 4. The Morgan fingerprint density at radius 2 is 1.84 bits per heavy atom. The Morgan fingerprint density at radius 1 is 1.19 bits per heavy atom. The van der Waals surface area contributed by atoms with E-state index >= 15 is 0 Å². The summed E-state index contributed by atoms with van der Waals surface area (Å²) in [5.74, 6) is -0.656. The Labute approximate surface area is 184 Å². The molecule has 0 N–H and O–H groups in total. The highest BCUT2D eigenvalue weighted by Gasteiger charge is 2.24. The second-order valence-electron chi connectivity index (χ2n) is 8.23. The summed E-state index contributed by atoms with van der Waals surface area (Å²) < 4.78 is 7.48. The molecule has 0 unspecified atom stereocenters. The molecule has 1 heterocycles. The van der Waals surface area contributed by atoms with Crippen LogP contribution in [0, 0.1) is 31.1 Å². The number of amides is 1. The minimum Gasteiger partial charge on any atom is -0.448 e. The van der Waals surface area contributed by atoms with Crippen molar-refractivity contribution in [3.8, 4) is 6.07 Å². The first kappa shape index (κ1) is 23.9. The van der Waals surface area contributed by atoms with Gasteiger partial charge in [-0.25, -0.2) is 4.79 Å². The summed E-state index contributed by atoms with van der Waals surface area (Å²) in [6.07, 6.45) is 0.540. The number of ether oxygens (including phenoxy) is 1. The van der Waals surface area contributed by atoms with E-state index in [4.69, 9.17) is 4.74 Å². The maximum absolute atomic E-state index is 12.6. The average molecular weight is 422 g/mol. The molecule has 31 heavy (non-hydrogen) atoms. The number of likely N-dealkylation sites (N-methyl/N-ethyl adjacent to an activating group) is 1. The zero-order chi connectivity index (χ0) is 23.1. The molecule has 1 atom stereocenters. The molecule has 164 valence electrons. The molecule has 6 heteroatoms. The minimum absolute atomic E-state index is 0.129. The Kier molecular flexibility index (Phi) is 8.21. The second-order valence-corrected chi connectivity index (χ2v) is 8.23. The summed E-state index contributed by atoms with van der Waals surface area (Å²) in [6.45, 7) is 11.0. The van der Waals surface area contributed by atoms with E-state index in [1.165, 1.54) is 17.9 Å². The normalized spacial score (nSPS) is 12.4. The standard InChI is InChI=1S/C25H31N3O3/c1-17(2)15-28-18(3)12-22(19(28)4)13-23(14-26)25(30)31-20(5)24(29)27(6)16-21-10-8-7-9-11-21/h7-13,17,20H,15-16H2,1-6H3/b23-13+/t20-/m0/s1. The number of aryl methyl sites for hydroxylation is 1. The molecular formula is C25H31N3O3. The van der Waals surface area contributed by atoms with Crippen LogP contribution in [0.15, 0.2) is 42.0 Å². The van der Waals surface area contributed by atoms with Crippen LogP contribution in [0.3, 0.4) is 0 Å². The fourth-order valence-electron chi connectivity index (χ4n) is 3.43. The first-order chi connectivity index (χ1) is 14.6. The summed E-state index contributed by atoms with van der Waals surface area (Å²) >= 11 is 0. The minimum atomic E-state index is -0.994. The van der Waals surface area contributed by atoms with E-state index in [1.807, 2.05) is 56.3 Å². The highest BCUT2D eigenvalue weighted by Crippen LogP contribution is 2.20. The first-order valence-electron chi connectivity index (χ1n) is 10.4. The van der Waals surface area contributed by atoms with Crippen molar-refractivity contribution in [1.82, 2.24) is 9.47 Å². The van der Waals surface area contributed by atoms with E-state index in [1.54, 1.807) is 7.05 Å². The lowest BCUT2D eigenvalue weighted by molar-refractivity contribution is -0.155. The van der Waals surface area contributed by atoms with Crippen molar-refractivity contribution in [1.29, 1.82) is 5.26 Å². The predicted molar refractivity (Wildman–Crippen MR) is 121 cm³/mol. The maximum atomic E-state index is 12.6. The second kappa shape index (κ2) is 10.6. The summed E-state index contributed by atoms with van der Waals surface area (Å²) in [6, 6.07) is 13.4. The number of nitriles is 1. The largest absolute Gasteiger partial charge is 0.448 e. The van der Waals surface area contributed by atoms with Gasteiger partial charge in [0.2, 0.25) is 0 Å². The molecule has 0 fully saturated rings. The number of esters is 1. The van der Waals surface area contributed by atoms with Crippen LogP contribution in [-0.4, -0.2) is 34.5 Å². The summed E-state index contributed by atoms with van der Waals surface area (Å²) in [5.41, 5.74) is 3.70. The van der Waals surface area contributed by atoms with Crippen LogP contribution >= 0.6 is 0 Å². The smallest absolute Gasteiger partial charge is 0.349 e. The van der Waals surface area contributed by atoms with Crippen LogP contribution in [-0.2, 0) is 27.4 Å². The molecule has 6 nitrogen and oxygen atoms in total. The molecule has 1 aromatic carbocycles. The summed E-state index contributed by atoms with van der Waals surface area (Å²) in [5, 5.41) is 9.50. The Balaban J connectivity index is 2.10. The van der Waals surface area contributed by atoms with E-state index in [0.717, 1.165) is 29.1 Å². The van der Waals surface area contributed by atoms with E-state index in [-0.39, 0.29) is 11.5 Å². The number of hydrogen-bond donors (Lipinski definition) is 0. The van der Waals surface area contributed by atoms with E-state index in [9.17, 15) is 14.9 Å². The third-order valence-corrected chi connectivity index (χ3v) is 5.07. The lowest BCUT2D eigenvalue weighted by atomic mass is 10.1. The zero-order valence-electron chi connectivity index (χ0n) is 19.2. The van der Waals surface area contributed by atoms with Crippen LogP contribution in [0.25, 0.3) is 6.08 Å². The topological polar surface area (TPSA) is 75.3 Å². The zero-order valence-corrected chi connectivity index (χ0v) is 19.2. The van der Waals surface area contributed by atoms with Gasteiger partial charge in [-0.15, -0.1) is 0 Å². The van der Waals surface area contributed by atoms with Crippen LogP contribution < -0.4 is 0 Å². The molecule has 1 amide bonds. The van der Waals surface area contributed by atoms with E-state index < -0.39 is 12.1 Å². The Hall–Kier alpha value is -3.33. The highest BCUT2D eigenvalue weighted by atomic mass is 16.5. The van der Waals surface area contributed by atoms with Gasteiger partial charge >= 0.3 is 5.97 Å². The van der Waals surface area contributed by atoms with Gasteiger partial charge in [-0.3, -0.25) is 4.79 Å². The highest BCUT2D eigenvalue weighted by molar-refractivity contribution is 5.99. The van der Waals surface area contributed by atoms with Gasteiger partial charge in [0.05, 0.1) is 0 Å². The molecule has 2 rings (SSSR count). The van der Waals surface area contributed by atoms with Crippen molar-refractivity contribution in [2.45, 2.75) is 53.8 Å². The quantitative estimate of drug-likeness (QED) is 0.363. The number of rotatable bonds is 8.